The van der Waals surface area contributed by atoms with E-state index in [0.29, 0.717) is 23.2 Å². The van der Waals surface area contributed by atoms with Crippen molar-refractivity contribution in [1.82, 2.24) is 9.97 Å². The fraction of sp³-hybridized carbons (Fsp3) is 0.174. The molecule has 30 heavy (non-hydrogen) atoms. The van der Waals surface area contributed by atoms with Gasteiger partial charge >= 0.3 is 0 Å². The lowest BCUT2D eigenvalue weighted by atomic mass is 10.2. The van der Waals surface area contributed by atoms with E-state index in [0.717, 1.165) is 21.3 Å². The molecule has 0 aliphatic rings. The summed E-state index contributed by atoms with van der Waals surface area (Å²) in [5.74, 6) is 1.06. The molecule has 0 spiro atoms. The highest BCUT2D eigenvalue weighted by Gasteiger charge is 2.21. The molecule has 0 radical (unpaired) electrons. The molecule has 0 N–H and O–H groups in total. The van der Waals surface area contributed by atoms with Gasteiger partial charge in [0.05, 0.1) is 23.9 Å². The van der Waals surface area contributed by atoms with Crippen LogP contribution >= 0.6 is 11.3 Å². The van der Waals surface area contributed by atoms with Crippen LogP contribution in [0, 0.1) is 6.92 Å². The third-order valence-corrected chi connectivity index (χ3v) is 5.57. The molecule has 152 valence electrons. The Bertz CT molecular complexity index is 1160. The molecule has 0 bridgehead atoms. The molecule has 7 heteroatoms. The number of anilines is 1. The Balaban J connectivity index is 1.59. The van der Waals surface area contributed by atoms with E-state index in [4.69, 9.17) is 9.47 Å². The summed E-state index contributed by atoms with van der Waals surface area (Å²) in [7, 11) is 1.59. The number of carbonyl (C=O) groups is 1. The van der Waals surface area contributed by atoms with Crippen LogP contribution in [0.3, 0.4) is 0 Å². The molecule has 0 saturated heterocycles. The van der Waals surface area contributed by atoms with Gasteiger partial charge in [-0.25, -0.2) is 4.98 Å². The molecule has 2 heterocycles. The number of methoxy groups -OCH3 is 1. The molecule has 4 rings (SSSR count). The average molecular weight is 420 g/mol. The van der Waals surface area contributed by atoms with Crippen LogP contribution in [0.5, 0.6) is 11.5 Å². The van der Waals surface area contributed by atoms with Crippen molar-refractivity contribution >= 4 is 32.6 Å². The topological polar surface area (TPSA) is 64.6 Å². The van der Waals surface area contributed by atoms with E-state index in [2.05, 4.69) is 16.0 Å². The van der Waals surface area contributed by atoms with Crippen LogP contribution in [0.4, 0.5) is 5.13 Å². The first-order valence-corrected chi connectivity index (χ1v) is 10.3. The Morgan fingerprint density at radius 2 is 1.97 bits per heavy atom. The summed E-state index contributed by atoms with van der Waals surface area (Å²) in [6.07, 6.45) is 3.46. The molecule has 0 aliphatic heterocycles. The molecule has 4 aromatic rings. The standard InChI is InChI=1S/C23H21N3O3S/c1-16-8-9-20-21(11-16)30-23(25-20)26(14-17-5-4-10-24-13-17)22(27)15-29-19-7-3-6-18(12-19)28-2/h3-13H,14-15H2,1-2H3. The zero-order valence-corrected chi connectivity index (χ0v) is 17.6. The van der Waals surface area contributed by atoms with E-state index in [1.807, 2.05) is 43.3 Å². The van der Waals surface area contributed by atoms with Gasteiger partial charge in [-0.1, -0.05) is 29.5 Å². The molecular formula is C23H21N3O3S. The van der Waals surface area contributed by atoms with Crippen molar-refractivity contribution in [3.05, 3.63) is 78.1 Å². The second-order valence-electron chi connectivity index (χ2n) is 6.78. The average Bonchev–Trinajstić information content (AvgIpc) is 3.19. The Labute approximate surface area is 178 Å². The molecule has 0 unspecified atom stereocenters. The van der Waals surface area contributed by atoms with Gasteiger partial charge in [-0.05, 0) is 48.4 Å². The van der Waals surface area contributed by atoms with Crippen LogP contribution in [0.2, 0.25) is 0 Å². The van der Waals surface area contributed by atoms with E-state index in [1.165, 1.54) is 11.3 Å². The molecular weight excluding hydrogens is 398 g/mol. The fourth-order valence-corrected chi connectivity index (χ4v) is 4.07. The third-order valence-electron chi connectivity index (χ3n) is 4.53. The van der Waals surface area contributed by atoms with Crippen molar-refractivity contribution in [3.63, 3.8) is 0 Å². The SMILES string of the molecule is COc1cccc(OCC(=O)N(Cc2cccnc2)c2nc3ccc(C)cc3s2)c1. The molecule has 0 fully saturated rings. The highest BCUT2D eigenvalue weighted by atomic mass is 32.1. The molecule has 0 atom stereocenters. The van der Waals surface area contributed by atoms with Crippen LogP contribution in [-0.2, 0) is 11.3 Å². The second-order valence-corrected chi connectivity index (χ2v) is 7.79. The summed E-state index contributed by atoms with van der Waals surface area (Å²) < 4.78 is 12.0. The lowest BCUT2D eigenvalue weighted by Crippen LogP contribution is -2.34. The lowest BCUT2D eigenvalue weighted by Gasteiger charge is -2.20. The normalized spacial score (nSPS) is 10.7. The summed E-state index contributed by atoms with van der Waals surface area (Å²) in [4.78, 5) is 23.6. The minimum absolute atomic E-state index is 0.109. The highest BCUT2D eigenvalue weighted by Crippen LogP contribution is 2.30. The summed E-state index contributed by atoms with van der Waals surface area (Å²) in [6.45, 7) is 2.30. The van der Waals surface area contributed by atoms with E-state index >= 15 is 0 Å². The lowest BCUT2D eigenvalue weighted by molar-refractivity contribution is -0.120. The number of nitrogens with zero attached hydrogens (tertiary/aromatic N) is 3. The van der Waals surface area contributed by atoms with E-state index in [9.17, 15) is 4.79 Å². The van der Waals surface area contributed by atoms with Gasteiger partial charge in [-0.15, -0.1) is 0 Å². The van der Waals surface area contributed by atoms with Gasteiger partial charge in [0.1, 0.15) is 11.5 Å². The van der Waals surface area contributed by atoms with Gasteiger partial charge in [0, 0.05) is 18.5 Å². The van der Waals surface area contributed by atoms with Gasteiger partial charge in [0.15, 0.2) is 11.7 Å². The minimum atomic E-state index is -0.183. The maximum Gasteiger partial charge on any atom is 0.267 e. The number of hydrogen-bond donors (Lipinski definition) is 0. The number of amides is 1. The van der Waals surface area contributed by atoms with Gasteiger partial charge in [-0.3, -0.25) is 14.7 Å². The van der Waals surface area contributed by atoms with Crippen LogP contribution in [0.15, 0.2) is 67.0 Å². The van der Waals surface area contributed by atoms with Crippen molar-refractivity contribution < 1.29 is 14.3 Å². The Hall–Kier alpha value is -3.45. The maximum atomic E-state index is 13.1. The minimum Gasteiger partial charge on any atom is -0.497 e. The fourth-order valence-electron chi connectivity index (χ4n) is 2.99. The highest BCUT2D eigenvalue weighted by molar-refractivity contribution is 7.22. The van der Waals surface area contributed by atoms with E-state index < -0.39 is 0 Å². The molecule has 2 aromatic carbocycles. The first-order valence-electron chi connectivity index (χ1n) is 9.46. The van der Waals surface area contributed by atoms with Crippen LogP contribution < -0.4 is 14.4 Å². The number of rotatable bonds is 7. The summed E-state index contributed by atoms with van der Waals surface area (Å²) >= 11 is 1.49. The van der Waals surface area contributed by atoms with Crippen LogP contribution in [-0.4, -0.2) is 29.6 Å². The Morgan fingerprint density at radius 1 is 1.10 bits per heavy atom. The number of benzene rings is 2. The van der Waals surface area contributed by atoms with Gasteiger partial charge < -0.3 is 9.47 Å². The summed E-state index contributed by atoms with van der Waals surface area (Å²) in [5.41, 5.74) is 2.95. The number of fused-ring (bicyclic) bond motifs is 1. The number of hydrogen-bond acceptors (Lipinski definition) is 6. The second kappa shape index (κ2) is 8.92. The van der Waals surface area contributed by atoms with Crippen molar-refractivity contribution in [3.8, 4) is 11.5 Å². The van der Waals surface area contributed by atoms with Crippen molar-refractivity contribution in [2.45, 2.75) is 13.5 Å². The molecule has 1 amide bonds. The first kappa shape index (κ1) is 19.8. The van der Waals surface area contributed by atoms with Crippen molar-refractivity contribution in [1.29, 1.82) is 0 Å². The third kappa shape index (κ3) is 4.58. The van der Waals surface area contributed by atoms with Crippen molar-refractivity contribution in [2.75, 3.05) is 18.6 Å². The van der Waals surface area contributed by atoms with Gasteiger partial charge in [0.25, 0.3) is 5.91 Å². The van der Waals surface area contributed by atoms with E-state index in [1.54, 1.807) is 36.5 Å². The number of thiazole rings is 1. The smallest absolute Gasteiger partial charge is 0.267 e. The number of aromatic nitrogens is 2. The predicted octanol–water partition coefficient (Wildman–Crippen LogP) is 4.62. The number of ether oxygens (including phenoxy) is 2. The van der Waals surface area contributed by atoms with E-state index in [-0.39, 0.29) is 12.5 Å². The maximum absolute atomic E-state index is 13.1. The molecule has 6 nitrogen and oxygen atoms in total. The van der Waals surface area contributed by atoms with Gasteiger partial charge in [-0.2, -0.15) is 0 Å². The zero-order valence-electron chi connectivity index (χ0n) is 16.7. The number of carbonyl (C=O) groups excluding carboxylic acids is 1. The molecule has 0 saturated carbocycles. The molecule has 0 aliphatic carbocycles. The predicted molar refractivity (Wildman–Crippen MR) is 118 cm³/mol. The summed E-state index contributed by atoms with van der Waals surface area (Å²) in [5, 5.41) is 0.638. The largest absolute Gasteiger partial charge is 0.497 e. The van der Waals surface area contributed by atoms with Crippen molar-refractivity contribution in [2.24, 2.45) is 0 Å². The first-order chi connectivity index (χ1) is 14.6. The Kier molecular flexibility index (Phi) is 5.90. The summed E-state index contributed by atoms with van der Waals surface area (Å²) in [6, 6.07) is 17.1. The molecule has 2 aromatic heterocycles. The quantitative estimate of drug-likeness (QED) is 0.437. The number of aryl methyl sites for hydroxylation is 1. The Morgan fingerprint density at radius 3 is 2.77 bits per heavy atom. The number of pyridine rings is 1. The van der Waals surface area contributed by atoms with Crippen LogP contribution in [0.25, 0.3) is 10.2 Å². The monoisotopic (exact) mass is 419 g/mol. The zero-order chi connectivity index (χ0) is 20.9. The van der Waals surface area contributed by atoms with Crippen LogP contribution in [0.1, 0.15) is 11.1 Å². The van der Waals surface area contributed by atoms with Gasteiger partial charge in [0.2, 0.25) is 0 Å².